The van der Waals surface area contributed by atoms with Crippen molar-refractivity contribution in [3.8, 4) is 0 Å². The van der Waals surface area contributed by atoms with Gasteiger partial charge in [-0.25, -0.2) is 21.2 Å². The van der Waals surface area contributed by atoms with E-state index in [1.165, 1.54) is 38.1 Å². The molecule has 0 radical (unpaired) electrons. The third-order valence-electron chi connectivity index (χ3n) is 6.32. The average molecular weight is 510 g/mol. The van der Waals surface area contributed by atoms with Crippen molar-refractivity contribution in [2.24, 2.45) is 11.8 Å². The normalized spacial score (nSPS) is 16.9. The SMILES string of the molecule is CC(C)(F)C(CN(S(=O)(=O)Cc1ccccc1)S(=O)(=O)c1ccccc1)C(=O)C1CCCCC1. The first-order valence-corrected chi connectivity index (χ1v) is 14.5. The Morgan fingerprint density at radius 2 is 1.47 bits per heavy atom. The maximum absolute atomic E-state index is 15.4. The molecule has 0 bridgehead atoms. The summed E-state index contributed by atoms with van der Waals surface area (Å²) in [4.78, 5) is 13.1. The molecule has 186 valence electrons. The number of Topliss-reactive ketones (excluding diaryl/α,β-unsaturated/α-hetero) is 1. The largest absolute Gasteiger partial charge is 0.299 e. The Hall–Kier alpha value is -2.10. The van der Waals surface area contributed by atoms with Gasteiger partial charge in [-0.05, 0) is 44.4 Å². The number of nitrogens with zero attached hydrogens (tertiary/aromatic N) is 1. The molecular weight excluding hydrogens is 477 g/mol. The predicted molar refractivity (Wildman–Crippen MR) is 130 cm³/mol. The van der Waals surface area contributed by atoms with Crippen molar-refractivity contribution in [1.82, 2.24) is 3.71 Å². The van der Waals surface area contributed by atoms with Gasteiger partial charge in [-0.1, -0.05) is 71.5 Å². The van der Waals surface area contributed by atoms with E-state index in [4.69, 9.17) is 0 Å². The zero-order valence-corrected chi connectivity index (χ0v) is 21.2. The van der Waals surface area contributed by atoms with E-state index in [1.54, 1.807) is 36.4 Å². The number of sulfonamides is 2. The molecule has 2 aromatic carbocycles. The number of hydrogen-bond donors (Lipinski definition) is 0. The van der Waals surface area contributed by atoms with E-state index in [0.717, 1.165) is 19.3 Å². The Kier molecular flexibility index (Phi) is 8.31. The van der Waals surface area contributed by atoms with E-state index in [2.05, 4.69) is 0 Å². The van der Waals surface area contributed by atoms with Crippen LogP contribution in [0.1, 0.15) is 51.5 Å². The van der Waals surface area contributed by atoms with Crippen LogP contribution in [0, 0.1) is 11.8 Å². The summed E-state index contributed by atoms with van der Waals surface area (Å²) in [5.74, 6) is -2.81. The van der Waals surface area contributed by atoms with Crippen LogP contribution in [0.25, 0.3) is 0 Å². The second-order valence-electron chi connectivity index (χ2n) is 9.37. The van der Waals surface area contributed by atoms with Gasteiger partial charge in [0.15, 0.2) is 0 Å². The first-order valence-electron chi connectivity index (χ1n) is 11.5. The maximum Gasteiger partial charge on any atom is 0.256 e. The van der Waals surface area contributed by atoms with Crippen molar-refractivity contribution in [3.05, 3.63) is 66.2 Å². The van der Waals surface area contributed by atoms with Crippen LogP contribution >= 0.6 is 0 Å². The quantitative estimate of drug-likeness (QED) is 0.462. The van der Waals surface area contributed by atoms with Gasteiger partial charge in [0.1, 0.15) is 11.5 Å². The summed E-state index contributed by atoms with van der Waals surface area (Å²) in [6, 6.07) is 15.3. The molecule has 0 heterocycles. The first-order chi connectivity index (χ1) is 15.9. The number of halogens is 1. The molecule has 0 spiro atoms. The predicted octanol–water partition coefficient (Wildman–Crippen LogP) is 4.72. The molecule has 0 amide bonds. The maximum atomic E-state index is 15.4. The molecule has 1 fully saturated rings. The first kappa shape index (κ1) is 26.5. The number of hydrogen-bond acceptors (Lipinski definition) is 5. The Morgan fingerprint density at radius 1 is 0.941 bits per heavy atom. The number of ketones is 1. The third kappa shape index (κ3) is 6.31. The summed E-state index contributed by atoms with van der Waals surface area (Å²) in [7, 11) is -9.05. The van der Waals surface area contributed by atoms with Crippen molar-refractivity contribution in [2.75, 3.05) is 6.54 Å². The number of carbonyl (C=O) groups is 1. The van der Waals surface area contributed by atoms with Crippen molar-refractivity contribution >= 4 is 25.8 Å². The van der Waals surface area contributed by atoms with Gasteiger partial charge in [-0.3, -0.25) is 4.79 Å². The number of alkyl halides is 1. The van der Waals surface area contributed by atoms with Gasteiger partial charge >= 0.3 is 0 Å². The minimum absolute atomic E-state index is 0.229. The van der Waals surface area contributed by atoms with Crippen LogP contribution in [0.15, 0.2) is 65.6 Å². The van der Waals surface area contributed by atoms with Gasteiger partial charge < -0.3 is 0 Å². The highest BCUT2D eigenvalue weighted by molar-refractivity contribution is 8.03. The Bertz CT molecular complexity index is 1170. The fourth-order valence-corrected chi connectivity index (χ4v) is 8.22. The molecule has 3 rings (SSSR count). The van der Waals surface area contributed by atoms with E-state index >= 15 is 4.39 Å². The molecule has 1 aliphatic rings. The van der Waals surface area contributed by atoms with E-state index in [1.807, 2.05) is 0 Å². The molecule has 1 aliphatic carbocycles. The van der Waals surface area contributed by atoms with Crippen LogP contribution in [0.4, 0.5) is 4.39 Å². The second-order valence-corrected chi connectivity index (χ2v) is 13.4. The molecule has 34 heavy (non-hydrogen) atoms. The highest BCUT2D eigenvalue weighted by Crippen LogP contribution is 2.34. The second kappa shape index (κ2) is 10.7. The monoisotopic (exact) mass is 509 g/mol. The molecule has 6 nitrogen and oxygen atoms in total. The molecule has 1 atom stereocenters. The fraction of sp³-hybridized carbons (Fsp3) is 0.480. The summed E-state index contributed by atoms with van der Waals surface area (Å²) >= 11 is 0. The lowest BCUT2D eigenvalue weighted by Gasteiger charge is -2.34. The zero-order chi connectivity index (χ0) is 25.0. The lowest BCUT2D eigenvalue weighted by molar-refractivity contribution is -0.132. The van der Waals surface area contributed by atoms with Crippen LogP contribution in [-0.2, 0) is 30.6 Å². The van der Waals surface area contributed by atoms with Gasteiger partial charge in [0.05, 0.1) is 16.6 Å². The third-order valence-corrected chi connectivity index (χ3v) is 10.6. The Morgan fingerprint density at radius 3 is 2.00 bits per heavy atom. The van der Waals surface area contributed by atoms with Crippen molar-refractivity contribution in [3.63, 3.8) is 0 Å². The average Bonchev–Trinajstić information content (AvgIpc) is 2.79. The molecule has 0 aliphatic heterocycles. The van der Waals surface area contributed by atoms with E-state index in [0.29, 0.717) is 22.1 Å². The van der Waals surface area contributed by atoms with Crippen LogP contribution < -0.4 is 0 Å². The molecule has 0 aromatic heterocycles. The molecule has 1 unspecified atom stereocenters. The highest BCUT2D eigenvalue weighted by Gasteiger charge is 2.45. The van der Waals surface area contributed by atoms with Crippen LogP contribution in [0.3, 0.4) is 0 Å². The fourth-order valence-electron chi connectivity index (χ4n) is 4.39. The summed E-state index contributed by atoms with van der Waals surface area (Å²) < 4.78 is 69.8. The number of benzene rings is 2. The molecule has 1 saturated carbocycles. The Labute approximate surface area is 202 Å². The van der Waals surface area contributed by atoms with Gasteiger partial charge in [-0.15, -0.1) is 0 Å². The van der Waals surface area contributed by atoms with Crippen LogP contribution in [0.5, 0.6) is 0 Å². The van der Waals surface area contributed by atoms with Crippen molar-refractivity contribution in [1.29, 1.82) is 0 Å². The topological polar surface area (TPSA) is 88.6 Å². The van der Waals surface area contributed by atoms with Gasteiger partial charge in [0, 0.05) is 12.5 Å². The number of rotatable bonds is 10. The standard InChI is InChI=1S/C25H32FNO5S2/c1-25(2,26)23(24(28)21-14-8-4-9-15-21)18-27(34(31,32)22-16-10-5-11-17-22)33(29,30)19-20-12-6-3-7-13-20/h3,5-7,10-13,16-17,21,23H,4,8-9,14-15,18-19H2,1-2H3. The van der Waals surface area contributed by atoms with Gasteiger partial charge in [0.25, 0.3) is 10.0 Å². The molecule has 9 heteroatoms. The Balaban J connectivity index is 2.05. The lowest BCUT2D eigenvalue weighted by Crippen LogP contribution is -2.49. The van der Waals surface area contributed by atoms with Gasteiger partial charge in [0.2, 0.25) is 10.0 Å². The minimum Gasteiger partial charge on any atom is -0.299 e. The van der Waals surface area contributed by atoms with E-state index < -0.39 is 55.6 Å². The van der Waals surface area contributed by atoms with E-state index in [-0.39, 0.29) is 4.90 Å². The molecule has 0 saturated heterocycles. The zero-order valence-electron chi connectivity index (χ0n) is 19.6. The van der Waals surface area contributed by atoms with Crippen molar-refractivity contribution in [2.45, 2.75) is 62.3 Å². The highest BCUT2D eigenvalue weighted by atomic mass is 32.3. The van der Waals surface area contributed by atoms with Crippen LogP contribution in [-0.4, -0.2) is 38.5 Å². The number of carbonyl (C=O) groups excluding carboxylic acids is 1. The summed E-state index contributed by atoms with van der Waals surface area (Å²) in [5.41, 5.74) is -1.72. The molecule has 2 aromatic rings. The van der Waals surface area contributed by atoms with E-state index in [9.17, 15) is 21.6 Å². The summed E-state index contributed by atoms with van der Waals surface area (Å²) in [6.45, 7) is 1.64. The lowest BCUT2D eigenvalue weighted by atomic mass is 9.77. The summed E-state index contributed by atoms with van der Waals surface area (Å²) in [6.07, 6.45) is 3.89. The van der Waals surface area contributed by atoms with Crippen molar-refractivity contribution < 1.29 is 26.0 Å². The van der Waals surface area contributed by atoms with Gasteiger partial charge in [-0.2, -0.15) is 0 Å². The minimum atomic E-state index is -4.57. The smallest absolute Gasteiger partial charge is 0.256 e. The summed E-state index contributed by atoms with van der Waals surface area (Å²) in [5, 5.41) is 0. The molecule has 0 N–H and O–H groups in total. The van der Waals surface area contributed by atoms with Crippen LogP contribution in [0.2, 0.25) is 0 Å². The molecular formula is C25H32FNO5S2.